The van der Waals surface area contributed by atoms with Crippen LogP contribution in [0.4, 0.5) is 0 Å². The second kappa shape index (κ2) is 3.86. The molecule has 0 atom stereocenters. The van der Waals surface area contributed by atoms with Gasteiger partial charge in [-0.1, -0.05) is 0 Å². The van der Waals surface area contributed by atoms with Crippen LogP contribution in [0.15, 0.2) is 22.9 Å². The summed E-state index contributed by atoms with van der Waals surface area (Å²) in [7, 11) is 0. The zero-order valence-electron chi connectivity index (χ0n) is 6.43. The van der Waals surface area contributed by atoms with E-state index in [2.05, 4.69) is 0 Å². The van der Waals surface area contributed by atoms with Crippen LogP contribution in [-0.2, 0) is 9.59 Å². The van der Waals surface area contributed by atoms with Gasteiger partial charge in [0.05, 0.1) is 0 Å². The van der Waals surface area contributed by atoms with Crippen molar-refractivity contribution in [1.82, 2.24) is 0 Å². The molecule has 0 amide bonds. The topological polar surface area (TPSA) is 74.6 Å². The van der Waals surface area contributed by atoms with Gasteiger partial charge in [0, 0.05) is 17.0 Å². The molecular formula is C8H6O4S. The number of ketones is 1. The predicted molar refractivity (Wildman–Crippen MR) is 47.6 cm³/mol. The van der Waals surface area contributed by atoms with Gasteiger partial charge in [-0.05, 0) is 11.4 Å². The number of rotatable bonds is 3. The summed E-state index contributed by atoms with van der Waals surface area (Å²) in [6.45, 7) is 0. The van der Waals surface area contributed by atoms with Crippen LogP contribution in [-0.4, -0.2) is 22.0 Å². The van der Waals surface area contributed by atoms with Gasteiger partial charge in [0.15, 0.2) is 0 Å². The maximum atomic E-state index is 10.6. The minimum atomic E-state index is -1.58. The smallest absolute Gasteiger partial charge is 0.376 e. The average molecular weight is 198 g/mol. The van der Waals surface area contributed by atoms with Gasteiger partial charge in [-0.15, -0.1) is 0 Å². The number of carboxylic acids is 1. The molecule has 2 N–H and O–H groups in total. The summed E-state index contributed by atoms with van der Waals surface area (Å²) >= 11 is 1.34. The number of carboxylic acid groups (broad SMARTS) is 1. The number of aliphatic hydroxyl groups is 1. The van der Waals surface area contributed by atoms with Crippen molar-refractivity contribution >= 4 is 28.8 Å². The third kappa shape index (κ3) is 2.41. The molecule has 0 unspecified atom stereocenters. The molecule has 1 aromatic rings. The molecule has 0 spiro atoms. The summed E-state index contributed by atoms with van der Waals surface area (Å²) in [5, 5.41) is 20.8. The minimum Gasteiger partial charge on any atom is -0.507 e. The van der Waals surface area contributed by atoms with E-state index in [4.69, 9.17) is 5.11 Å². The van der Waals surface area contributed by atoms with Gasteiger partial charge in [0.2, 0.25) is 0 Å². The second-order valence-electron chi connectivity index (χ2n) is 2.21. The summed E-state index contributed by atoms with van der Waals surface area (Å²) in [6.07, 6.45) is 0.685. The van der Waals surface area contributed by atoms with Crippen LogP contribution in [0, 0.1) is 0 Å². The van der Waals surface area contributed by atoms with E-state index >= 15 is 0 Å². The lowest BCUT2D eigenvalue weighted by molar-refractivity contribution is -0.146. The van der Waals surface area contributed by atoms with E-state index in [0.717, 1.165) is 0 Å². The third-order valence-corrected chi connectivity index (χ3v) is 1.98. The molecule has 0 bridgehead atoms. The Bertz CT molecular complexity index is 350. The first-order valence-electron chi connectivity index (χ1n) is 3.31. The van der Waals surface area contributed by atoms with E-state index in [9.17, 15) is 14.7 Å². The summed E-state index contributed by atoms with van der Waals surface area (Å²) in [4.78, 5) is 20.7. The van der Waals surface area contributed by atoms with Crippen molar-refractivity contribution in [3.05, 3.63) is 28.5 Å². The summed E-state index contributed by atoms with van der Waals surface area (Å²) in [6, 6.07) is 1.59. The number of aliphatic carboxylic acids is 1. The number of carbonyl (C=O) groups excluding carboxylic acids is 1. The van der Waals surface area contributed by atoms with Crippen molar-refractivity contribution in [3.8, 4) is 0 Å². The first-order chi connectivity index (χ1) is 6.11. The minimum absolute atomic E-state index is 0.325. The lowest BCUT2D eigenvalue weighted by Crippen LogP contribution is -2.09. The van der Waals surface area contributed by atoms with E-state index in [0.29, 0.717) is 11.6 Å². The zero-order chi connectivity index (χ0) is 9.84. The third-order valence-electron chi connectivity index (χ3n) is 1.30. The second-order valence-corrected chi connectivity index (χ2v) is 2.99. The highest BCUT2D eigenvalue weighted by Crippen LogP contribution is 2.14. The molecule has 0 radical (unpaired) electrons. The number of carbonyl (C=O) groups is 2. The van der Waals surface area contributed by atoms with E-state index in [1.807, 2.05) is 0 Å². The van der Waals surface area contributed by atoms with Crippen LogP contribution < -0.4 is 0 Å². The van der Waals surface area contributed by atoms with Crippen molar-refractivity contribution in [2.45, 2.75) is 0 Å². The standard InChI is InChI=1S/C8H6O4S/c9-6(3-7(10)8(11)12)5-1-2-13-4-5/h1-4,9H,(H,11,12). The van der Waals surface area contributed by atoms with Gasteiger partial charge in [0.25, 0.3) is 5.78 Å². The van der Waals surface area contributed by atoms with Gasteiger partial charge in [-0.2, -0.15) is 11.3 Å². The highest BCUT2D eigenvalue weighted by Gasteiger charge is 2.10. The van der Waals surface area contributed by atoms with Crippen molar-refractivity contribution in [3.63, 3.8) is 0 Å². The molecule has 4 nitrogen and oxygen atoms in total. The predicted octanol–water partition coefficient (Wildman–Crippen LogP) is 1.30. The molecule has 1 heterocycles. The highest BCUT2D eigenvalue weighted by atomic mass is 32.1. The van der Waals surface area contributed by atoms with Crippen LogP contribution in [0.5, 0.6) is 0 Å². The monoisotopic (exact) mass is 198 g/mol. The van der Waals surface area contributed by atoms with Crippen LogP contribution in [0.2, 0.25) is 0 Å². The number of aliphatic hydroxyl groups excluding tert-OH is 1. The fraction of sp³-hybridized carbons (Fsp3) is 0. The Morgan fingerprint density at radius 1 is 1.38 bits per heavy atom. The molecular weight excluding hydrogens is 192 g/mol. The number of hydrogen-bond acceptors (Lipinski definition) is 4. The van der Waals surface area contributed by atoms with Gasteiger partial charge in [0.1, 0.15) is 5.76 Å². The summed E-state index contributed by atoms with van der Waals surface area (Å²) in [5.74, 6) is -3.04. The molecule has 0 saturated heterocycles. The van der Waals surface area contributed by atoms with Crippen LogP contribution in [0.3, 0.4) is 0 Å². The maximum Gasteiger partial charge on any atom is 0.376 e. The van der Waals surface area contributed by atoms with Crippen molar-refractivity contribution < 1.29 is 19.8 Å². The normalized spacial score (nSPS) is 11.2. The van der Waals surface area contributed by atoms with Gasteiger partial charge < -0.3 is 10.2 Å². The first-order valence-corrected chi connectivity index (χ1v) is 4.26. The summed E-state index contributed by atoms with van der Waals surface area (Å²) < 4.78 is 0. The largest absolute Gasteiger partial charge is 0.507 e. The Hall–Kier alpha value is -1.62. The Labute approximate surface area is 77.8 Å². The lowest BCUT2D eigenvalue weighted by atomic mass is 10.2. The fourth-order valence-electron chi connectivity index (χ4n) is 0.679. The molecule has 13 heavy (non-hydrogen) atoms. The Morgan fingerprint density at radius 2 is 2.08 bits per heavy atom. The van der Waals surface area contributed by atoms with Crippen LogP contribution in [0.25, 0.3) is 5.76 Å². The molecule has 1 rings (SSSR count). The van der Waals surface area contributed by atoms with E-state index < -0.39 is 11.8 Å². The molecule has 0 aromatic carbocycles. The Morgan fingerprint density at radius 3 is 2.54 bits per heavy atom. The van der Waals surface area contributed by atoms with Gasteiger partial charge in [-0.25, -0.2) is 4.79 Å². The SMILES string of the molecule is O=C(O)C(=O)C=C(O)c1ccsc1. The molecule has 0 aliphatic carbocycles. The molecule has 68 valence electrons. The van der Waals surface area contributed by atoms with Crippen LogP contribution >= 0.6 is 11.3 Å². The maximum absolute atomic E-state index is 10.6. The fourth-order valence-corrected chi connectivity index (χ4v) is 1.33. The van der Waals surface area contributed by atoms with Crippen molar-refractivity contribution in [2.24, 2.45) is 0 Å². The molecule has 0 saturated carbocycles. The van der Waals surface area contributed by atoms with Crippen molar-refractivity contribution in [1.29, 1.82) is 0 Å². The lowest BCUT2D eigenvalue weighted by Gasteiger charge is -1.92. The average Bonchev–Trinajstić information content (AvgIpc) is 2.55. The van der Waals surface area contributed by atoms with E-state index in [1.165, 1.54) is 11.3 Å². The van der Waals surface area contributed by atoms with Crippen LogP contribution in [0.1, 0.15) is 5.56 Å². The Balaban J connectivity index is 2.84. The highest BCUT2D eigenvalue weighted by molar-refractivity contribution is 7.08. The van der Waals surface area contributed by atoms with E-state index in [-0.39, 0.29) is 5.76 Å². The molecule has 0 aliphatic rings. The quantitative estimate of drug-likeness (QED) is 0.436. The van der Waals surface area contributed by atoms with Gasteiger partial charge >= 0.3 is 5.97 Å². The van der Waals surface area contributed by atoms with E-state index in [1.54, 1.807) is 16.8 Å². The Kier molecular flexibility index (Phi) is 2.81. The molecule has 0 aliphatic heterocycles. The van der Waals surface area contributed by atoms with Gasteiger partial charge in [-0.3, -0.25) is 4.79 Å². The van der Waals surface area contributed by atoms with Crippen molar-refractivity contribution in [2.75, 3.05) is 0 Å². The first kappa shape index (κ1) is 9.47. The summed E-state index contributed by atoms with van der Waals surface area (Å²) in [5.41, 5.74) is 0.444. The number of thiophene rings is 1. The zero-order valence-corrected chi connectivity index (χ0v) is 7.25. The molecule has 0 fully saturated rings. The molecule has 1 aromatic heterocycles. The number of hydrogen-bond donors (Lipinski definition) is 2. The molecule has 5 heteroatoms.